The average molecular weight is 234 g/mol. The lowest BCUT2D eigenvalue weighted by atomic mass is 9.83. The summed E-state index contributed by atoms with van der Waals surface area (Å²) in [4.78, 5) is 12.0. The molecule has 0 aliphatic heterocycles. The molecule has 0 bridgehead atoms. The second kappa shape index (κ2) is 5.48. The zero-order chi connectivity index (χ0) is 12.9. The van der Waals surface area contributed by atoms with E-state index in [2.05, 4.69) is 16.5 Å². The second-order valence-electron chi connectivity index (χ2n) is 4.03. The van der Waals surface area contributed by atoms with E-state index in [1.807, 2.05) is 27.0 Å². The van der Waals surface area contributed by atoms with Crippen LogP contribution >= 0.6 is 0 Å². The van der Waals surface area contributed by atoms with Crippen LogP contribution in [0.1, 0.15) is 32.4 Å². The molecule has 1 rings (SSSR count). The van der Waals surface area contributed by atoms with Crippen molar-refractivity contribution in [3.8, 4) is 6.07 Å². The predicted octanol–water partition coefficient (Wildman–Crippen LogP) is 1.37. The van der Waals surface area contributed by atoms with Crippen LogP contribution in [0.4, 0.5) is 0 Å². The predicted molar refractivity (Wildman–Crippen MR) is 63.7 cm³/mol. The monoisotopic (exact) mass is 234 g/mol. The molecule has 0 atom stereocenters. The molecule has 1 N–H and O–H groups in total. The molecule has 0 radical (unpaired) electrons. The number of amides is 1. The van der Waals surface area contributed by atoms with Gasteiger partial charge in [-0.2, -0.15) is 10.4 Å². The number of carbonyl (C=O) groups excluding carboxylic acids is 1. The normalized spacial score (nSPS) is 10.9. The third-order valence-corrected chi connectivity index (χ3v) is 3.21. The fourth-order valence-electron chi connectivity index (χ4n) is 1.69. The number of carbonyl (C=O) groups is 1. The zero-order valence-corrected chi connectivity index (χ0v) is 10.5. The maximum Gasteiger partial charge on any atom is 0.240 e. The molecule has 0 aliphatic rings. The van der Waals surface area contributed by atoms with E-state index >= 15 is 0 Å². The van der Waals surface area contributed by atoms with Gasteiger partial charge in [0.05, 0.1) is 18.3 Å². The second-order valence-corrected chi connectivity index (χ2v) is 4.03. The van der Waals surface area contributed by atoms with Gasteiger partial charge in [-0.15, -0.1) is 0 Å². The number of nitriles is 1. The molecule has 0 fully saturated rings. The summed E-state index contributed by atoms with van der Waals surface area (Å²) in [6.07, 6.45) is 2.73. The number of aryl methyl sites for hydroxylation is 1. The first kappa shape index (κ1) is 13.2. The first-order chi connectivity index (χ1) is 8.09. The maximum absolute atomic E-state index is 12.0. The highest BCUT2D eigenvalue weighted by Gasteiger charge is 2.34. The van der Waals surface area contributed by atoms with Gasteiger partial charge >= 0.3 is 0 Å². The molecule has 0 spiro atoms. The van der Waals surface area contributed by atoms with Gasteiger partial charge in [0.1, 0.15) is 5.41 Å². The van der Waals surface area contributed by atoms with Crippen molar-refractivity contribution >= 4 is 5.91 Å². The van der Waals surface area contributed by atoms with Crippen LogP contribution in [-0.4, -0.2) is 15.7 Å². The van der Waals surface area contributed by atoms with E-state index in [4.69, 9.17) is 5.26 Å². The molecule has 0 saturated carbocycles. The quantitative estimate of drug-likeness (QED) is 0.836. The highest BCUT2D eigenvalue weighted by molar-refractivity contribution is 5.85. The van der Waals surface area contributed by atoms with Gasteiger partial charge in [0, 0.05) is 13.2 Å². The minimum absolute atomic E-state index is 0.203. The minimum atomic E-state index is -0.904. The Morgan fingerprint density at radius 1 is 1.59 bits per heavy atom. The number of hydrogen-bond acceptors (Lipinski definition) is 3. The molecule has 5 nitrogen and oxygen atoms in total. The third-order valence-electron chi connectivity index (χ3n) is 3.21. The summed E-state index contributed by atoms with van der Waals surface area (Å²) in [5, 5.41) is 15.9. The standard InChI is InChI=1S/C12H18N4O/c1-4-12(5-2,9-13)11(17)14-8-10-6-7-15-16(10)3/h6-7H,4-5,8H2,1-3H3,(H,14,17). The summed E-state index contributed by atoms with van der Waals surface area (Å²) in [5.41, 5.74) is 0.0101. The molecular weight excluding hydrogens is 216 g/mol. The van der Waals surface area contributed by atoms with Crippen LogP contribution < -0.4 is 5.32 Å². The first-order valence-electron chi connectivity index (χ1n) is 5.76. The van der Waals surface area contributed by atoms with Crippen LogP contribution in [0.5, 0.6) is 0 Å². The first-order valence-corrected chi connectivity index (χ1v) is 5.76. The van der Waals surface area contributed by atoms with E-state index in [1.165, 1.54) is 0 Å². The van der Waals surface area contributed by atoms with Crippen molar-refractivity contribution in [3.63, 3.8) is 0 Å². The average Bonchev–Trinajstić information content (AvgIpc) is 2.75. The van der Waals surface area contributed by atoms with Crippen molar-refractivity contribution in [3.05, 3.63) is 18.0 Å². The Hall–Kier alpha value is -1.83. The summed E-state index contributed by atoms with van der Waals surface area (Å²) < 4.78 is 1.70. The molecule has 0 aliphatic carbocycles. The Balaban J connectivity index is 2.67. The number of hydrogen-bond donors (Lipinski definition) is 1. The maximum atomic E-state index is 12.0. The molecule has 1 heterocycles. The fraction of sp³-hybridized carbons (Fsp3) is 0.583. The lowest BCUT2D eigenvalue weighted by Crippen LogP contribution is -2.39. The van der Waals surface area contributed by atoms with Gasteiger partial charge in [0.25, 0.3) is 0 Å². The van der Waals surface area contributed by atoms with Gasteiger partial charge in [0.15, 0.2) is 0 Å². The smallest absolute Gasteiger partial charge is 0.240 e. The van der Waals surface area contributed by atoms with Crippen molar-refractivity contribution in [1.82, 2.24) is 15.1 Å². The summed E-state index contributed by atoms with van der Waals surface area (Å²) in [7, 11) is 1.82. The van der Waals surface area contributed by atoms with E-state index in [0.29, 0.717) is 19.4 Å². The van der Waals surface area contributed by atoms with E-state index in [0.717, 1.165) is 5.69 Å². The van der Waals surface area contributed by atoms with Gasteiger partial charge in [-0.1, -0.05) is 13.8 Å². The van der Waals surface area contributed by atoms with Crippen LogP contribution in [0.3, 0.4) is 0 Å². The molecule has 0 aromatic carbocycles. The number of aromatic nitrogens is 2. The number of nitrogens with one attached hydrogen (secondary N) is 1. The Morgan fingerprint density at radius 2 is 2.24 bits per heavy atom. The largest absolute Gasteiger partial charge is 0.349 e. The Morgan fingerprint density at radius 3 is 2.65 bits per heavy atom. The zero-order valence-electron chi connectivity index (χ0n) is 10.5. The third kappa shape index (κ3) is 2.64. The van der Waals surface area contributed by atoms with Crippen molar-refractivity contribution < 1.29 is 4.79 Å². The van der Waals surface area contributed by atoms with Crippen LogP contribution in [-0.2, 0) is 18.4 Å². The highest BCUT2D eigenvalue weighted by Crippen LogP contribution is 2.25. The Kier molecular flexibility index (Phi) is 4.27. The van der Waals surface area contributed by atoms with Crippen molar-refractivity contribution in [2.24, 2.45) is 12.5 Å². The van der Waals surface area contributed by atoms with E-state index in [1.54, 1.807) is 10.9 Å². The van der Waals surface area contributed by atoms with Crippen molar-refractivity contribution in [2.75, 3.05) is 0 Å². The summed E-state index contributed by atoms with van der Waals surface area (Å²) in [6.45, 7) is 4.12. The lowest BCUT2D eigenvalue weighted by Gasteiger charge is -2.22. The van der Waals surface area contributed by atoms with E-state index < -0.39 is 5.41 Å². The fourth-order valence-corrected chi connectivity index (χ4v) is 1.69. The molecular formula is C12H18N4O. The summed E-state index contributed by atoms with van der Waals surface area (Å²) in [5.74, 6) is -0.203. The van der Waals surface area contributed by atoms with Crippen molar-refractivity contribution in [1.29, 1.82) is 5.26 Å². The Bertz CT molecular complexity index is 426. The van der Waals surface area contributed by atoms with Crippen LogP contribution in [0.25, 0.3) is 0 Å². The van der Waals surface area contributed by atoms with Gasteiger partial charge < -0.3 is 5.32 Å². The Labute approximate surface area is 101 Å². The number of nitrogens with zero attached hydrogens (tertiary/aromatic N) is 3. The molecule has 17 heavy (non-hydrogen) atoms. The van der Waals surface area contributed by atoms with Gasteiger partial charge in [0.2, 0.25) is 5.91 Å². The van der Waals surface area contributed by atoms with Gasteiger partial charge in [-0.25, -0.2) is 0 Å². The van der Waals surface area contributed by atoms with E-state index in [9.17, 15) is 4.79 Å². The molecule has 5 heteroatoms. The minimum Gasteiger partial charge on any atom is -0.349 e. The number of rotatable bonds is 5. The molecule has 1 amide bonds. The molecule has 1 aromatic heterocycles. The van der Waals surface area contributed by atoms with Gasteiger partial charge in [-0.3, -0.25) is 9.48 Å². The molecule has 0 unspecified atom stereocenters. The van der Waals surface area contributed by atoms with Crippen LogP contribution in [0, 0.1) is 16.7 Å². The van der Waals surface area contributed by atoms with Crippen molar-refractivity contribution in [2.45, 2.75) is 33.2 Å². The van der Waals surface area contributed by atoms with E-state index in [-0.39, 0.29) is 5.91 Å². The van der Waals surface area contributed by atoms with Crippen LogP contribution in [0.15, 0.2) is 12.3 Å². The molecule has 1 aromatic rings. The van der Waals surface area contributed by atoms with Gasteiger partial charge in [-0.05, 0) is 18.9 Å². The summed E-state index contributed by atoms with van der Waals surface area (Å²) in [6, 6.07) is 3.96. The highest BCUT2D eigenvalue weighted by atomic mass is 16.2. The van der Waals surface area contributed by atoms with Crippen LogP contribution in [0.2, 0.25) is 0 Å². The lowest BCUT2D eigenvalue weighted by molar-refractivity contribution is -0.128. The summed E-state index contributed by atoms with van der Waals surface area (Å²) >= 11 is 0. The molecule has 0 saturated heterocycles. The topological polar surface area (TPSA) is 70.7 Å². The molecule has 92 valence electrons. The SMILES string of the molecule is CCC(C#N)(CC)C(=O)NCc1ccnn1C.